The Morgan fingerprint density at radius 3 is 2.91 bits per heavy atom. The molecule has 1 heterocycles. The van der Waals surface area contributed by atoms with Crippen LogP contribution in [-0.4, -0.2) is 41.1 Å². The van der Waals surface area contributed by atoms with Crippen LogP contribution in [0.3, 0.4) is 0 Å². The molecule has 1 aromatic rings. The molecule has 0 spiro atoms. The Labute approximate surface area is 136 Å². The third-order valence-electron chi connectivity index (χ3n) is 4.86. The van der Waals surface area contributed by atoms with Crippen molar-refractivity contribution in [2.75, 3.05) is 19.6 Å². The number of nitrogens with one attached hydrogen (secondary N) is 1. The summed E-state index contributed by atoms with van der Waals surface area (Å²) in [5, 5.41) is 13.8. The first-order valence-electron chi connectivity index (χ1n) is 8.45. The molecule has 0 bridgehead atoms. The Kier molecular flexibility index (Phi) is 4.69. The quantitative estimate of drug-likeness (QED) is 0.843. The second-order valence-corrected chi connectivity index (χ2v) is 7.02. The molecule has 23 heavy (non-hydrogen) atoms. The largest absolute Gasteiger partial charge is 0.379 e. The first-order chi connectivity index (χ1) is 11.0. The lowest BCUT2D eigenvalue weighted by Crippen LogP contribution is -2.58. The van der Waals surface area contributed by atoms with Crippen LogP contribution in [0.1, 0.15) is 36.8 Å². The molecule has 1 saturated heterocycles. The van der Waals surface area contributed by atoms with E-state index in [-0.39, 0.29) is 18.3 Å². The predicted octanol–water partition coefficient (Wildman–Crippen LogP) is 1.99. The van der Waals surface area contributed by atoms with Gasteiger partial charge >= 0.3 is 0 Å². The molecule has 1 saturated carbocycles. The highest BCUT2D eigenvalue weighted by molar-refractivity contribution is 5.86. The number of carbonyl (C=O) groups excluding carboxylic acids is 1. The maximum Gasteiger partial charge on any atom is 0.255 e. The molecule has 4 nitrogen and oxygen atoms in total. The normalized spacial score (nSPS) is 25.0. The Hall–Kier alpha value is -1.46. The van der Waals surface area contributed by atoms with Gasteiger partial charge in [-0.15, -0.1) is 0 Å². The average Bonchev–Trinajstić information content (AvgIpc) is 3.32. The molecule has 2 N–H and O–H groups in total. The molecule has 2 aliphatic rings. The van der Waals surface area contributed by atoms with Crippen molar-refractivity contribution in [3.8, 4) is 0 Å². The molecular weight excluding hydrogens is 295 g/mol. The number of hydrogen-bond acceptors (Lipinski definition) is 3. The average molecular weight is 320 g/mol. The summed E-state index contributed by atoms with van der Waals surface area (Å²) in [6.07, 6.45) is 3.71. The molecule has 0 aromatic heterocycles. The van der Waals surface area contributed by atoms with Crippen molar-refractivity contribution in [3.05, 3.63) is 35.1 Å². The Morgan fingerprint density at radius 1 is 1.43 bits per heavy atom. The zero-order valence-corrected chi connectivity index (χ0v) is 13.6. The predicted molar refractivity (Wildman–Crippen MR) is 86.3 cm³/mol. The monoisotopic (exact) mass is 320 g/mol. The highest BCUT2D eigenvalue weighted by Crippen LogP contribution is 2.32. The van der Waals surface area contributed by atoms with Gasteiger partial charge in [0.25, 0.3) is 5.91 Å². The molecule has 1 atom stereocenters. The molecule has 1 amide bonds. The lowest BCUT2D eigenvalue weighted by atomic mass is 9.91. The van der Waals surface area contributed by atoms with Crippen molar-refractivity contribution in [1.82, 2.24) is 10.2 Å². The van der Waals surface area contributed by atoms with Gasteiger partial charge in [0.2, 0.25) is 0 Å². The number of hydrogen-bond donors (Lipinski definition) is 2. The van der Waals surface area contributed by atoms with Gasteiger partial charge in [-0.3, -0.25) is 4.79 Å². The maximum absolute atomic E-state index is 13.5. The Balaban J connectivity index is 1.54. The first kappa shape index (κ1) is 16.4. The number of aliphatic hydroxyl groups is 1. The number of nitrogens with zero attached hydrogens (tertiary/aromatic N) is 1. The molecule has 126 valence electrons. The van der Waals surface area contributed by atoms with Gasteiger partial charge in [-0.25, -0.2) is 4.39 Å². The minimum atomic E-state index is -1.32. The second-order valence-electron chi connectivity index (χ2n) is 7.02. The van der Waals surface area contributed by atoms with Crippen LogP contribution in [0.2, 0.25) is 0 Å². The van der Waals surface area contributed by atoms with E-state index in [4.69, 9.17) is 0 Å². The van der Waals surface area contributed by atoms with Crippen molar-refractivity contribution in [2.24, 2.45) is 5.92 Å². The van der Waals surface area contributed by atoms with Crippen molar-refractivity contribution in [1.29, 1.82) is 0 Å². The number of benzene rings is 1. The third-order valence-corrected chi connectivity index (χ3v) is 4.86. The number of likely N-dealkylation sites (tertiary alicyclic amines) is 1. The second kappa shape index (κ2) is 6.57. The molecule has 2 fully saturated rings. The third kappa shape index (κ3) is 3.90. The van der Waals surface area contributed by atoms with E-state index in [1.54, 1.807) is 13.0 Å². The van der Waals surface area contributed by atoms with Gasteiger partial charge in [-0.2, -0.15) is 0 Å². The Bertz CT molecular complexity index is 588. The standard InChI is InChI=1S/C18H25FN2O2/c1-13-3-4-15(9-16(13)19)10-20-12-18(23)7-2-8-21(17(18)22)11-14-5-6-14/h3-4,9,14,20,23H,2,5-8,10-12H2,1H3/t18-/m1/s1. The summed E-state index contributed by atoms with van der Waals surface area (Å²) in [6, 6.07) is 5.09. The number of piperidine rings is 1. The summed E-state index contributed by atoms with van der Waals surface area (Å²) < 4.78 is 13.5. The molecule has 0 unspecified atom stereocenters. The number of halogens is 1. The van der Waals surface area contributed by atoms with E-state index in [1.165, 1.54) is 18.9 Å². The fraction of sp³-hybridized carbons (Fsp3) is 0.611. The zero-order valence-electron chi connectivity index (χ0n) is 13.6. The minimum Gasteiger partial charge on any atom is -0.379 e. The first-order valence-corrected chi connectivity index (χ1v) is 8.45. The fourth-order valence-electron chi connectivity index (χ4n) is 3.18. The van der Waals surface area contributed by atoms with Gasteiger partial charge in [0, 0.05) is 26.2 Å². The van der Waals surface area contributed by atoms with E-state index in [0.717, 1.165) is 25.1 Å². The van der Waals surface area contributed by atoms with E-state index in [0.29, 0.717) is 24.4 Å². The van der Waals surface area contributed by atoms with E-state index in [1.807, 2.05) is 11.0 Å². The smallest absolute Gasteiger partial charge is 0.255 e. The molecule has 0 radical (unpaired) electrons. The summed E-state index contributed by atoms with van der Waals surface area (Å²) in [6.45, 7) is 3.91. The van der Waals surface area contributed by atoms with Gasteiger partial charge in [0.1, 0.15) is 5.82 Å². The van der Waals surface area contributed by atoms with E-state index >= 15 is 0 Å². The van der Waals surface area contributed by atoms with E-state index in [2.05, 4.69) is 5.32 Å². The van der Waals surface area contributed by atoms with Crippen LogP contribution in [0.5, 0.6) is 0 Å². The van der Waals surface area contributed by atoms with Gasteiger partial charge in [-0.05, 0) is 55.7 Å². The summed E-state index contributed by atoms with van der Waals surface area (Å²) in [5.74, 6) is 0.246. The number of carbonyl (C=O) groups is 1. The summed E-state index contributed by atoms with van der Waals surface area (Å²) in [4.78, 5) is 14.3. The van der Waals surface area contributed by atoms with Crippen LogP contribution in [0.15, 0.2) is 18.2 Å². The maximum atomic E-state index is 13.5. The van der Waals surface area contributed by atoms with Gasteiger partial charge in [-0.1, -0.05) is 12.1 Å². The van der Waals surface area contributed by atoms with Gasteiger partial charge < -0.3 is 15.3 Å². The molecule has 1 aliphatic carbocycles. The topological polar surface area (TPSA) is 52.6 Å². The van der Waals surface area contributed by atoms with Crippen molar-refractivity contribution in [3.63, 3.8) is 0 Å². The molecule has 1 aliphatic heterocycles. The zero-order chi connectivity index (χ0) is 16.4. The molecule has 5 heteroatoms. The van der Waals surface area contributed by atoms with Gasteiger partial charge in [0.15, 0.2) is 5.60 Å². The van der Waals surface area contributed by atoms with Crippen molar-refractivity contribution >= 4 is 5.91 Å². The van der Waals surface area contributed by atoms with Crippen LogP contribution in [0.4, 0.5) is 4.39 Å². The van der Waals surface area contributed by atoms with Crippen LogP contribution in [-0.2, 0) is 11.3 Å². The number of aryl methyl sites for hydroxylation is 1. The highest BCUT2D eigenvalue weighted by atomic mass is 19.1. The Morgan fingerprint density at radius 2 is 2.22 bits per heavy atom. The molecule has 3 rings (SSSR count). The summed E-state index contributed by atoms with van der Waals surface area (Å²) in [7, 11) is 0. The van der Waals surface area contributed by atoms with Crippen molar-refractivity contribution < 1.29 is 14.3 Å². The number of rotatable bonds is 6. The SMILES string of the molecule is Cc1ccc(CNC[C@]2(O)CCCN(CC3CC3)C2=O)cc1F. The summed E-state index contributed by atoms with van der Waals surface area (Å²) >= 11 is 0. The molecular formula is C18H25FN2O2. The lowest BCUT2D eigenvalue weighted by Gasteiger charge is -2.38. The van der Waals surface area contributed by atoms with Gasteiger partial charge in [0.05, 0.1) is 0 Å². The summed E-state index contributed by atoms with van der Waals surface area (Å²) in [5.41, 5.74) is 0.108. The minimum absolute atomic E-state index is 0.154. The van der Waals surface area contributed by atoms with Crippen LogP contribution in [0, 0.1) is 18.7 Å². The number of amides is 1. The lowest BCUT2D eigenvalue weighted by molar-refractivity contribution is -0.156. The highest BCUT2D eigenvalue weighted by Gasteiger charge is 2.43. The van der Waals surface area contributed by atoms with Crippen LogP contribution >= 0.6 is 0 Å². The van der Waals surface area contributed by atoms with Crippen LogP contribution < -0.4 is 5.32 Å². The van der Waals surface area contributed by atoms with Crippen LogP contribution in [0.25, 0.3) is 0 Å². The molecule has 1 aromatic carbocycles. The van der Waals surface area contributed by atoms with Crippen molar-refractivity contribution in [2.45, 2.75) is 44.8 Å². The van der Waals surface area contributed by atoms with E-state index in [9.17, 15) is 14.3 Å². The fourth-order valence-corrected chi connectivity index (χ4v) is 3.18. The van der Waals surface area contributed by atoms with E-state index < -0.39 is 5.60 Å².